The molecule has 0 radical (unpaired) electrons. The van der Waals surface area contributed by atoms with Crippen molar-refractivity contribution in [3.63, 3.8) is 0 Å². The van der Waals surface area contributed by atoms with Gasteiger partial charge in [-0.05, 0) is 41.7 Å². The van der Waals surface area contributed by atoms with Crippen LogP contribution in [0.2, 0.25) is 0 Å². The van der Waals surface area contributed by atoms with E-state index in [1.807, 2.05) is 12.1 Å². The Kier molecular flexibility index (Phi) is 4.19. The third-order valence-corrected chi connectivity index (χ3v) is 4.70. The third-order valence-electron chi connectivity index (χ3n) is 3.27. The van der Waals surface area contributed by atoms with E-state index in [1.54, 1.807) is 11.8 Å². The predicted octanol–water partition coefficient (Wildman–Crippen LogP) is 4.90. The predicted molar refractivity (Wildman–Crippen MR) is 91.4 cm³/mol. The molecular formula is C17H15NS2. The van der Waals surface area contributed by atoms with Gasteiger partial charge in [-0.2, -0.15) is 0 Å². The maximum Gasteiger partial charge on any atom is 0.110 e. The molecule has 0 atom stereocenters. The van der Waals surface area contributed by atoms with Crippen molar-refractivity contribution >= 4 is 34.7 Å². The standard InChI is InChI=1S/C17H15NS2/c19-17-14(13-20-16-9-5-2-6-10-16)11-12-18(17)15-7-3-1-4-8-15/h1-10,13H,11-12H2/b14-13+. The Hall–Kier alpha value is -1.58. The van der Waals surface area contributed by atoms with Gasteiger partial charge >= 0.3 is 0 Å². The highest BCUT2D eigenvalue weighted by atomic mass is 32.2. The quantitative estimate of drug-likeness (QED) is 0.450. The van der Waals surface area contributed by atoms with Crippen LogP contribution in [0.25, 0.3) is 0 Å². The summed E-state index contributed by atoms with van der Waals surface area (Å²) in [6.07, 6.45) is 1.02. The van der Waals surface area contributed by atoms with E-state index in [0.717, 1.165) is 18.0 Å². The fourth-order valence-electron chi connectivity index (χ4n) is 2.22. The van der Waals surface area contributed by atoms with E-state index < -0.39 is 0 Å². The number of benzene rings is 2. The number of thiocarbonyl (C=S) groups is 1. The van der Waals surface area contributed by atoms with Gasteiger partial charge in [0.15, 0.2) is 0 Å². The van der Waals surface area contributed by atoms with E-state index in [1.165, 1.54) is 16.2 Å². The van der Waals surface area contributed by atoms with Crippen molar-refractivity contribution in [2.75, 3.05) is 11.4 Å². The van der Waals surface area contributed by atoms with E-state index in [2.05, 4.69) is 58.8 Å². The number of para-hydroxylation sites is 1. The van der Waals surface area contributed by atoms with E-state index >= 15 is 0 Å². The van der Waals surface area contributed by atoms with Gasteiger partial charge in [-0.1, -0.05) is 60.4 Å². The molecule has 0 amide bonds. The maximum atomic E-state index is 5.60. The van der Waals surface area contributed by atoms with Crippen LogP contribution in [0.15, 0.2) is 76.5 Å². The van der Waals surface area contributed by atoms with Crippen molar-refractivity contribution in [1.82, 2.24) is 0 Å². The van der Waals surface area contributed by atoms with Gasteiger partial charge in [0.1, 0.15) is 4.99 Å². The zero-order valence-corrected chi connectivity index (χ0v) is 12.7. The third kappa shape index (κ3) is 2.94. The molecule has 3 heteroatoms. The first kappa shape index (κ1) is 13.4. The van der Waals surface area contributed by atoms with Crippen LogP contribution in [0.3, 0.4) is 0 Å². The minimum Gasteiger partial charge on any atom is -0.332 e. The molecule has 20 heavy (non-hydrogen) atoms. The summed E-state index contributed by atoms with van der Waals surface area (Å²) in [5.74, 6) is 0. The molecule has 1 heterocycles. The molecule has 0 unspecified atom stereocenters. The number of anilines is 1. The number of rotatable bonds is 3. The molecule has 0 aliphatic carbocycles. The van der Waals surface area contributed by atoms with Gasteiger partial charge in [-0.25, -0.2) is 0 Å². The van der Waals surface area contributed by atoms with Crippen LogP contribution in [0.1, 0.15) is 6.42 Å². The highest BCUT2D eigenvalue weighted by Crippen LogP contribution is 2.29. The van der Waals surface area contributed by atoms with Crippen LogP contribution in [-0.2, 0) is 0 Å². The van der Waals surface area contributed by atoms with Gasteiger partial charge in [-0.15, -0.1) is 0 Å². The van der Waals surface area contributed by atoms with Crippen LogP contribution >= 0.6 is 24.0 Å². The number of hydrogen-bond donors (Lipinski definition) is 0. The van der Waals surface area contributed by atoms with Crippen molar-refractivity contribution in [2.24, 2.45) is 0 Å². The Morgan fingerprint density at radius 2 is 1.60 bits per heavy atom. The molecule has 1 aliphatic rings. The Balaban J connectivity index is 1.73. The normalized spacial score (nSPS) is 16.9. The second-order valence-electron chi connectivity index (χ2n) is 4.62. The van der Waals surface area contributed by atoms with Crippen molar-refractivity contribution in [3.8, 4) is 0 Å². The summed E-state index contributed by atoms with van der Waals surface area (Å²) in [5.41, 5.74) is 2.45. The summed E-state index contributed by atoms with van der Waals surface area (Å²) in [5, 5.41) is 2.20. The second kappa shape index (κ2) is 6.25. The highest BCUT2D eigenvalue weighted by molar-refractivity contribution is 8.02. The molecule has 1 fully saturated rings. The van der Waals surface area contributed by atoms with Crippen LogP contribution in [-0.4, -0.2) is 11.5 Å². The molecule has 0 N–H and O–H groups in total. The van der Waals surface area contributed by atoms with Crippen molar-refractivity contribution in [3.05, 3.63) is 71.6 Å². The van der Waals surface area contributed by atoms with Crippen LogP contribution in [0.5, 0.6) is 0 Å². The van der Waals surface area contributed by atoms with Gasteiger partial charge < -0.3 is 4.90 Å². The smallest absolute Gasteiger partial charge is 0.110 e. The van der Waals surface area contributed by atoms with E-state index in [-0.39, 0.29) is 0 Å². The summed E-state index contributed by atoms with van der Waals surface area (Å²) < 4.78 is 0. The van der Waals surface area contributed by atoms with E-state index in [4.69, 9.17) is 12.2 Å². The average Bonchev–Trinajstić information content (AvgIpc) is 2.88. The minimum atomic E-state index is 0.958. The lowest BCUT2D eigenvalue weighted by Crippen LogP contribution is -2.22. The van der Waals surface area contributed by atoms with E-state index in [9.17, 15) is 0 Å². The largest absolute Gasteiger partial charge is 0.332 e. The van der Waals surface area contributed by atoms with Crippen molar-refractivity contribution < 1.29 is 0 Å². The highest BCUT2D eigenvalue weighted by Gasteiger charge is 2.22. The molecule has 100 valence electrons. The van der Waals surface area contributed by atoms with Gasteiger partial charge in [0.25, 0.3) is 0 Å². The summed E-state index contributed by atoms with van der Waals surface area (Å²) in [4.78, 5) is 4.42. The van der Waals surface area contributed by atoms with Crippen molar-refractivity contribution in [2.45, 2.75) is 11.3 Å². The van der Waals surface area contributed by atoms with Crippen molar-refractivity contribution in [1.29, 1.82) is 0 Å². The molecule has 0 aromatic heterocycles. The van der Waals surface area contributed by atoms with Gasteiger partial charge in [-0.3, -0.25) is 0 Å². The Labute approximate surface area is 129 Å². The summed E-state index contributed by atoms with van der Waals surface area (Å²) >= 11 is 7.35. The maximum absolute atomic E-state index is 5.60. The molecular weight excluding hydrogens is 282 g/mol. The Morgan fingerprint density at radius 1 is 0.950 bits per heavy atom. The molecule has 3 rings (SSSR count). The Bertz CT molecular complexity index is 620. The summed E-state index contributed by atoms with van der Waals surface area (Å²) in [6, 6.07) is 20.8. The molecule has 0 saturated carbocycles. The second-order valence-corrected chi connectivity index (χ2v) is 5.95. The van der Waals surface area contributed by atoms with Gasteiger partial charge in [0, 0.05) is 17.1 Å². The monoisotopic (exact) mass is 297 g/mol. The van der Waals surface area contributed by atoms with Gasteiger partial charge in [0.05, 0.1) is 0 Å². The first-order valence-electron chi connectivity index (χ1n) is 6.62. The lowest BCUT2D eigenvalue weighted by Gasteiger charge is -2.17. The van der Waals surface area contributed by atoms with E-state index in [0.29, 0.717) is 0 Å². The lowest BCUT2D eigenvalue weighted by molar-refractivity contribution is 1.02. The van der Waals surface area contributed by atoms with Gasteiger partial charge in [0.2, 0.25) is 0 Å². The van der Waals surface area contributed by atoms with Crippen LogP contribution < -0.4 is 4.90 Å². The first-order valence-corrected chi connectivity index (χ1v) is 7.91. The topological polar surface area (TPSA) is 3.24 Å². The van der Waals surface area contributed by atoms with Crippen LogP contribution in [0.4, 0.5) is 5.69 Å². The van der Waals surface area contributed by atoms with Crippen LogP contribution in [0, 0.1) is 0 Å². The zero-order chi connectivity index (χ0) is 13.8. The molecule has 0 spiro atoms. The SMILES string of the molecule is S=C1/C(=C/Sc2ccccc2)CCN1c1ccccc1. The molecule has 1 saturated heterocycles. The number of hydrogen-bond acceptors (Lipinski definition) is 2. The Morgan fingerprint density at radius 3 is 2.30 bits per heavy atom. The first-order chi connectivity index (χ1) is 9.84. The summed E-state index contributed by atoms with van der Waals surface area (Å²) in [7, 11) is 0. The molecule has 0 bridgehead atoms. The fraction of sp³-hybridized carbons (Fsp3) is 0.118. The average molecular weight is 297 g/mol. The fourth-order valence-corrected chi connectivity index (χ4v) is 3.47. The summed E-state index contributed by atoms with van der Waals surface area (Å²) in [6.45, 7) is 0.976. The molecule has 2 aromatic rings. The molecule has 1 aliphatic heterocycles. The zero-order valence-electron chi connectivity index (χ0n) is 11.0. The molecule has 2 aromatic carbocycles. The minimum absolute atomic E-state index is 0.958. The molecule has 1 nitrogen and oxygen atoms in total. The number of thioether (sulfide) groups is 1. The lowest BCUT2D eigenvalue weighted by atomic mass is 10.3. The number of nitrogens with zero attached hydrogens (tertiary/aromatic N) is 1.